The molecule has 0 radical (unpaired) electrons. The molecule has 0 aliphatic carbocycles. The Kier molecular flexibility index (Phi) is 15.2. The van der Waals surface area contributed by atoms with Gasteiger partial charge in [0.25, 0.3) is 0 Å². The van der Waals surface area contributed by atoms with Gasteiger partial charge in [0.2, 0.25) is 0 Å². The Labute approximate surface area is 101 Å². The van der Waals surface area contributed by atoms with E-state index in [1.165, 1.54) is 0 Å². The van der Waals surface area contributed by atoms with Gasteiger partial charge in [-0.3, -0.25) is 0 Å². The van der Waals surface area contributed by atoms with E-state index in [1.807, 2.05) is 25.9 Å². The molecule has 0 aliphatic heterocycles. The molecule has 0 aromatic heterocycles. The maximum Gasteiger partial charge on any atom is 0.314 e. The molecule has 0 aromatic carbocycles. The van der Waals surface area contributed by atoms with Crippen molar-refractivity contribution >= 4 is 28.6 Å². The normalized spacial score (nSPS) is 9.00. The topological polar surface area (TPSA) is 44.4 Å². The van der Waals surface area contributed by atoms with Gasteiger partial charge in [-0.25, -0.2) is 4.79 Å². The summed E-state index contributed by atoms with van der Waals surface area (Å²) >= 11 is 2.15. The smallest absolute Gasteiger partial charge is 0.314 e. The molecule has 0 saturated heterocycles. The Morgan fingerprint density at radius 3 is 2.29 bits per heavy atom. The largest absolute Gasteiger partial charge is 0.338 e. The number of nitrogens with one attached hydrogen (secondary N) is 2. The fraction of sp³-hybridized carbons (Fsp3) is 0.889. The summed E-state index contributed by atoms with van der Waals surface area (Å²) in [4.78, 5) is 14.9. The van der Waals surface area contributed by atoms with Gasteiger partial charge in [-0.1, -0.05) is 22.6 Å². The van der Waals surface area contributed by atoms with Gasteiger partial charge in [0.15, 0.2) is 0 Å². The molecule has 4 nitrogen and oxygen atoms in total. The number of carbonyl (C=O) groups is 1. The van der Waals surface area contributed by atoms with Crippen LogP contribution in [0.15, 0.2) is 0 Å². The third-order valence-corrected chi connectivity index (χ3v) is 1.40. The molecule has 2 amide bonds. The van der Waals surface area contributed by atoms with Gasteiger partial charge in [0.05, 0.1) is 0 Å². The third kappa shape index (κ3) is 14.5. The number of urea groups is 1. The van der Waals surface area contributed by atoms with Crippen molar-refractivity contribution in [1.29, 1.82) is 0 Å². The summed E-state index contributed by atoms with van der Waals surface area (Å²) in [7, 11) is 4.04. The monoisotopic (exact) mass is 315 g/mol. The lowest BCUT2D eigenvalue weighted by atomic mass is 10.4. The molecule has 2 N–H and O–H groups in total. The molecule has 0 spiro atoms. The number of rotatable bonds is 5. The van der Waals surface area contributed by atoms with Crippen molar-refractivity contribution in [3.8, 4) is 0 Å². The van der Waals surface area contributed by atoms with Crippen LogP contribution < -0.4 is 10.6 Å². The van der Waals surface area contributed by atoms with Crippen LogP contribution in [0.3, 0.4) is 0 Å². The molecule has 0 rings (SSSR count). The first kappa shape index (κ1) is 16.4. The fourth-order valence-electron chi connectivity index (χ4n) is 0.820. The molecule has 0 fully saturated rings. The summed E-state index contributed by atoms with van der Waals surface area (Å²) in [5.41, 5.74) is 0. The van der Waals surface area contributed by atoms with Crippen molar-refractivity contribution in [3.63, 3.8) is 0 Å². The molecule has 0 aliphatic rings. The van der Waals surface area contributed by atoms with E-state index in [0.717, 1.165) is 19.5 Å². The summed E-state index contributed by atoms with van der Waals surface area (Å²) < 4.78 is 0. The van der Waals surface area contributed by atoms with Crippen LogP contribution in [-0.2, 0) is 0 Å². The van der Waals surface area contributed by atoms with Gasteiger partial charge in [0.1, 0.15) is 0 Å². The number of amides is 2. The van der Waals surface area contributed by atoms with Crippen LogP contribution in [0.25, 0.3) is 0 Å². The fourth-order valence-corrected chi connectivity index (χ4v) is 0.820. The quantitative estimate of drug-likeness (QED) is 0.456. The summed E-state index contributed by atoms with van der Waals surface area (Å²) in [6, 6.07) is -0.0729. The van der Waals surface area contributed by atoms with E-state index in [4.69, 9.17) is 0 Å². The number of carbonyl (C=O) groups excluding carboxylic acids is 1. The van der Waals surface area contributed by atoms with E-state index in [1.54, 1.807) is 0 Å². The summed E-state index contributed by atoms with van der Waals surface area (Å²) in [5, 5.41) is 5.43. The van der Waals surface area contributed by atoms with Crippen molar-refractivity contribution in [1.82, 2.24) is 15.5 Å². The summed E-state index contributed by atoms with van der Waals surface area (Å²) in [5.74, 6) is 0. The second-order valence-electron chi connectivity index (χ2n) is 2.94. The van der Waals surface area contributed by atoms with Crippen LogP contribution in [0.4, 0.5) is 4.79 Å². The van der Waals surface area contributed by atoms with E-state index in [2.05, 4.69) is 38.1 Å². The molecule has 0 atom stereocenters. The number of hydrogen-bond donors (Lipinski definition) is 2. The Morgan fingerprint density at radius 1 is 1.29 bits per heavy atom. The number of nitrogens with zero attached hydrogens (tertiary/aromatic N) is 1. The average molecular weight is 315 g/mol. The molecule has 0 aromatic rings. The highest BCUT2D eigenvalue weighted by Gasteiger charge is 1.95. The number of alkyl halides is 1. The standard InChI is InChI=1S/C8H19N3O.CH3I/c1-4-9-8(12)10-6-5-7-11(2)3;1-2/h4-7H2,1-3H3,(H2,9,10,12);1H3. The minimum atomic E-state index is -0.0729. The zero-order valence-corrected chi connectivity index (χ0v) is 11.7. The third-order valence-electron chi connectivity index (χ3n) is 1.40. The van der Waals surface area contributed by atoms with Crippen molar-refractivity contribution in [2.45, 2.75) is 13.3 Å². The molecular formula is C9H22IN3O. The number of halogens is 1. The van der Waals surface area contributed by atoms with Gasteiger partial charge in [0, 0.05) is 13.1 Å². The molecular weight excluding hydrogens is 293 g/mol. The second kappa shape index (κ2) is 13.0. The Balaban J connectivity index is 0. The molecule has 0 bridgehead atoms. The molecule has 0 heterocycles. The van der Waals surface area contributed by atoms with Crippen molar-refractivity contribution in [2.75, 3.05) is 38.7 Å². The first-order valence-electron chi connectivity index (χ1n) is 4.71. The Morgan fingerprint density at radius 2 is 1.86 bits per heavy atom. The van der Waals surface area contributed by atoms with Crippen molar-refractivity contribution < 1.29 is 4.79 Å². The van der Waals surface area contributed by atoms with Gasteiger partial charge in [-0.15, -0.1) is 0 Å². The van der Waals surface area contributed by atoms with Gasteiger partial charge < -0.3 is 15.5 Å². The molecule has 0 unspecified atom stereocenters. The molecule has 14 heavy (non-hydrogen) atoms. The van der Waals surface area contributed by atoms with E-state index >= 15 is 0 Å². The Hall–Kier alpha value is -0.0400. The highest BCUT2D eigenvalue weighted by molar-refractivity contribution is 14.1. The predicted octanol–water partition coefficient (Wildman–Crippen LogP) is 1.31. The lowest BCUT2D eigenvalue weighted by Crippen LogP contribution is -2.36. The van der Waals surface area contributed by atoms with Gasteiger partial charge >= 0.3 is 6.03 Å². The van der Waals surface area contributed by atoms with E-state index in [9.17, 15) is 4.79 Å². The molecule has 86 valence electrons. The van der Waals surface area contributed by atoms with Crippen LogP contribution in [0.2, 0.25) is 0 Å². The first-order valence-corrected chi connectivity index (χ1v) is 6.86. The highest BCUT2D eigenvalue weighted by atomic mass is 127. The predicted molar refractivity (Wildman–Crippen MR) is 70.2 cm³/mol. The highest BCUT2D eigenvalue weighted by Crippen LogP contribution is 1.80. The van der Waals surface area contributed by atoms with Crippen LogP contribution in [0, 0.1) is 0 Å². The summed E-state index contributed by atoms with van der Waals surface area (Å²) in [6.45, 7) is 4.33. The lowest BCUT2D eigenvalue weighted by Gasteiger charge is -2.09. The molecule has 0 saturated carbocycles. The summed E-state index contributed by atoms with van der Waals surface area (Å²) in [6.07, 6.45) is 0.990. The van der Waals surface area contributed by atoms with E-state index < -0.39 is 0 Å². The molecule has 5 heteroatoms. The maximum atomic E-state index is 10.9. The van der Waals surface area contributed by atoms with Gasteiger partial charge in [-0.2, -0.15) is 0 Å². The lowest BCUT2D eigenvalue weighted by molar-refractivity contribution is 0.240. The van der Waals surface area contributed by atoms with Crippen LogP contribution in [-0.4, -0.2) is 49.6 Å². The van der Waals surface area contributed by atoms with Crippen LogP contribution in [0.1, 0.15) is 13.3 Å². The average Bonchev–Trinajstić information content (AvgIpc) is 2.16. The second-order valence-corrected chi connectivity index (χ2v) is 2.94. The van der Waals surface area contributed by atoms with Crippen molar-refractivity contribution in [3.05, 3.63) is 0 Å². The minimum Gasteiger partial charge on any atom is -0.338 e. The Bertz CT molecular complexity index is 131. The van der Waals surface area contributed by atoms with Gasteiger partial charge in [-0.05, 0) is 38.9 Å². The SMILES string of the molecule is CCNC(=O)NCCCN(C)C.CI. The van der Waals surface area contributed by atoms with E-state index in [0.29, 0.717) is 6.54 Å². The van der Waals surface area contributed by atoms with E-state index in [-0.39, 0.29) is 6.03 Å². The number of hydrogen-bond acceptors (Lipinski definition) is 2. The maximum absolute atomic E-state index is 10.9. The zero-order chi connectivity index (χ0) is 11.4. The van der Waals surface area contributed by atoms with Crippen molar-refractivity contribution in [2.24, 2.45) is 0 Å². The first-order chi connectivity index (χ1) is 6.66. The minimum absolute atomic E-state index is 0.0729. The van der Waals surface area contributed by atoms with Crippen LogP contribution >= 0.6 is 22.6 Å². The van der Waals surface area contributed by atoms with Crippen LogP contribution in [0.5, 0.6) is 0 Å². The zero-order valence-electron chi connectivity index (χ0n) is 9.56.